The number of rotatable bonds is 1. The minimum absolute atomic E-state index is 0.485. The van der Waals surface area contributed by atoms with Crippen LogP contribution in [0.2, 0.25) is 0 Å². The Labute approximate surface area is 99.1 Å². The summed E-state index contributed by atoms with van der Waals surface area (Å²) >= 11 is 0. The molecular formula is C14H24N2. The fraction of sp³-hybridized carbons (Fsp3) is 0.857. The van der Waals surface area contributed by atoms with Gasteiger partial charge in [0.2, 0.25) is 0 Å². The minimum atomic E-state index is 0.485. The minimum Gasteiger partial charge on any atom is -0.310 e. The van der Waals surface area contributed by atoms with Gasteiger partial charge in [-0.2, -0.15) is 0 Å². The summed E-state index contributed by atoms with van der Waals surface area (Å²) in [5, 5.41) is 3.85. The fourth-order valence-electron chi connectivity index (χ4n) is 3.76. The molecule has 0 unspecified atom stereocenters. The Morgan fingerprint density at radius 1 is 1.06 bits per heavy atom. The summed E-state index contributed by atoms with van der Waals surface area (Å²) in [6.07, 6.45) is 14.3. The zero-order valence-electron chi connectivity index (χ0n) is 10.3. The molecule has 0 aromatic carbocycles. The van der Waals surface area contributed by atoms with Crippen LogP contribution in [0.4, 0.5) is 0 Å². The highest BCUT2D eigenvalue weighted by Gasteiger charge is 2.37. The molecule has 0 aromatic rings. The van der Waals surface area contributed by atoms with E-state index in [1.54, 1.807) is 0 Å². The van der Waals surface area contributed by atoms with Gasteiger partial charge in [0.1, 0.15) is 0 Å². The lowest BCUT2D eigenvalue weighted by atomic mass is 9.96. The highest BCUT2D eigenvalue weighted by Crippen LogP contribution is 2.33. The molecule has 2 fully saturated rings. The summed E-state index contributed by atoms with van der Waals surface area (Å²) in [4.78, 5) is 2.77. The van der Waals surface area contributed by atoms with Gasteiger partial charge >= 0.3 is 0 Å². The van der Waals surface area contributed by atoms with Crippen molar-refractivity contribution in [3.63, 3.8) is 0 Å². The Hall–Kier alpha value is -0.340. The molecular weight excluding hydrogens is 196 g/mol. The van der Waals surface area contributed by atoms with Crippen LogP contribution < -0.4 is 5.32 Å². The molecule has 16 heavy (non-hydrogen) atoms. The van der Waals surface area contributed by atoms with Gasteiger partial charge in [0.05, 0.1) is 0 Å². The van der Waals surface area contributed by atoms with Crippen molar-refractivity contribution >= 4 is 0 Å². The average molecular weight is 220 g/mol. The lowest BCUT2D eigenvalue weighted by molar-refractivity contribution is 0.161. The molecule has 0 amide bonds. The number of nitrogens with zero attached hydrogens (tertiary/aromatic N) is 1. The molecule has 1 saturated heterocycles. The molecule has 1 spiro atoms. The second-order valence-electron chi connectivity index (χ2n) is 5.83. The third-order valence-corrected chi connectivity index (χ3v) is 4.69. The molecule has 90 valence electrons. The maximum absolute atomic E-state index is 3.85. The van der Waals surface area contributed by atoms with Gasteiger partial charge in [0.15, 0.2) is 0 Å². The Bertz CT molecular complexity index is 258. The summed E-state index contributed by atoms with van der Waals surface area (Å²) < 4.78 is 0. The van der Waals surface area contributed by atoms with Crippen molar-refractivity contribution in [1.82, 2.24) is 10.2 Å². The van der Waals surface area contributed by atoms with Gasteiger partial charge in [-0.3, -0.25) is 4.90 Å². The lowest BCUT2D eigenvalue weighted by Gasteiger charge is -2.36. The van der Waals surface area contributed by atoms with E-state index in [0.29, 0.717) is 5.54 Å². The van der Waals surface area contributed by atoms with Gasteiger partial charge in [-0.25, -0.2) is 0 Å². The van der Waals surface area contributed by atoms with Crippen LogP contribution in [-0.4, -0.2) is 36.1 Å². The van der Waals surface area contributed by atoms with Gasteiger partial charge in [0.25, 0.3) is 0 Å². The van der Waals surface area contributed by atoms with Crippen molar-refractivity contribution in [2.75, 3.05) is 19.6 Å². The fourth-order valence-corrected chi connectivity index (χ4v) is 3.76. The van der Waals surface area contributed by atoms with Gasteiger partial charge in [-0.15, -0.1) is 0 Å². The lowest BCUT2D eigenvalue weighted by Crippen LogP contribution is -2.51. The van der Waals surface area contributed by atoms with Gasteiger partial charge in [0, 0.05) is 18.1 Å². The largest absolute Gasteiger partial charge is 0.310 e. The van der Waals surface area contributed by atoms with Crippen LogP contribution in [0.5, 0.6) is 0 Å². The van der Waals surface area contributed by atoms with Crippen LogP contribution in [0.15, 0.2) is 12.2 Å². The molecule has 1 heterocycles. The molecule has 2 heteroatoms. The predicted octanol–water partition coefficient (Wildman–Crippen LogP) is 2.31. The molecule has 3 rings (SSSR count). The summed E-state index contributed by atoms with van der Waals surface area (Å²) in [5.74, 6) is 0. The predicted molar refractivity (Wildman–Crippen MR) is 67.6 cm³/mol. The summed E-state index contributed by atoms with van der Waals surface area (Å²) in [6, 6.07) is 0.817. The zero-order chi connectivity index (χ0) is 10.8. The molecule has 0 atom stereocenters. The van der Waals surface area contributed by atoms with E-state index in [9.17, 15) is 0 Å². The topological polar surface area (TPSA) is 15.3 Å². The molecule has 0 bridgehead atoms. The SMILES string of the molecule is C1=CCC(N2CCCNC3(CCCC3)C2)C1. The standard InChI is InChI=1S/C14H24N2/c1-2-7-13(6-1)16-11-5-10-15-14(12-16)8-3-4-9-14/h1-2,13,15H,3-12H2. The van der Waals surface area contributed by atoms with Crippen molar-refractivity contribution in [1.29, 1.82) is 0 Å². The first-order valence-electron chi connectivity index (χ1n) is 7.02. The first kappa shape index (κ1) is 10.8. The average Bonchev–Trinajstić information content (AvgIpc) is 2.89. The Balaban J connectivity index is 1.69. The molecule has 2 nitrogen and oxygen atoms in total. The van der Waals surface area contributed by atoms with Crippen LogP contribution in [0.3, 0.4) is 0 Å². The van der Waals surface area contributed by atoms with Gasteiger partial charge in [-0.05, 0) is 45.2 Å². The highest BCUT2D eigenvalue weighted by molar-refractivity contribution is 5.03. The van der Waals surface area contributed by atoms with E-state index in [1.807, 2.05) is 0 Å². The Morgan fingerprint density at radius 3 is 2.56 bits per heavy atom. The highest BCUT2D eigenvalue weighted by atomic mass is 15.2. The molecule has 1 aliphatic heterocycles. The van der Waals surface area contributed by atoms with Crippen molar-refractivity contribution in [3.05, 3.63) is 12.2 Å². The van der Waals surface area contributed by atoms with Crippen LogP contribution >= 0.6 is 0 Å². The second kappa shape index (κ2) is 4.50. The van der Waals surface area contributed by atoms with Crippen LogP contribution in [0, 0.1) is 0 Å². The third-order valence-electron chi connectivity index (χ3n) is 4.69. The number of nitrogens with one attached hydrogen (secondary N) is 1. The van der Waals surface area contributed by atoms with Crippen molar-refractivity contribution < 1.29 is 0 Å². The van der Waals surface area contributed by atoms with Crippen molar-refractivity contribution in [2.45, 2.75) is 56.5 Å². The van der Waals surface area contributed by atoms with Gasteiger partial charge < -0.3 is 5.32 Å². The second-order valence-corrected chi connectivity index (χ2v) is 5.83. The Morgan fingerprint density at radius 2 is 1.81 bits per heavy atom. The maximum Gasteiger partial charge on any atom is 0.0308 e. The first-order valence-corrected chi connectivity index (χ1v) is 7.02. The summed E-state index contributed by atoms with van der Waals surface area (Å²) in [7, 11) is 0. The smallest absolute Gasteiger partial charge is 0.0308 e. The monoisotopic (exact) mass is 220 g/mol. The number of hydrogen-bond acceptors (Lipinski definition) is 2. The van der Waals surface area contributed by atoms with E-state index in [0.717, 1.165) is 6.04 Å². The zero-order valence-corrected chi connectivity index (χ0v) is 10.3. The van der Waals surface area contributed by atoms with E-state index >= 15 is 0 Å². The van der Waals surface area contributed by atoms with Crippen LogP contribution in [0.1, 0.15) is 44.9 Å². The van der Waals surface area contributed by atoms with E-state index in [-0.39, 0.29) is 0 Å². The van der Waals surface area contributed by atoms with Crippen LogP contribution in [-0.2, 0) is 0 Å². The molecule has 3 aliphatic rings. The first-order chi connectivity index (χ1) is 7.88. The van der Waals surface area contributed by atoms with E-state index in [4.69, 9.17) is 0 Å². The summed E-state index contributed by atoms with van der Waals surface area (Å²) in [6.45, 7) is 3.84. The molecule has 1 saturated carbocycles. The molecule has 0 aromatic heterocycles. The van der Waals surface area contributed by atoms with Crippen molar-refractivity contribution in [3.8, 4) is 0 Å². The maximum atomic E-state index is 3.85. The van der Waals surface area contributed by atoms with Crippen molar-refractivity contribution in [2.24, 2.45) is 0 Å². The summed E-state index contributed by atoms with van der Waals surface area (Å²) in [5.41, 5.74) is 0.485. The van der Waals surface area contributed by atoms with E-state index in [1.165, 1.54) is 64.6 Å². The molecule has 0 radical (unpaired) electrons. The van der Waals surface area contributed by atoms with Gasteiger partial charge in [-0.1, -0.05) is 25.0 Å². The quantitative estimate of drug-likeness (QED) is 0.682. The van der Waals surface area contributed by atoms with E-state index in [2.05, 4.69) is 22.4 Å². The normalized spacial score (nSPS) is 31.2. The van der Waals surface area contributed by atoms with E-state index < -0.39 is 0 Å². The number of hydrogen-bond donors (Lipinski definition) is 1. The Kier molecular flexibility index (Phi) is 3.03. The molecule has 1 N–H and O–H groups in total. The molecule has 2 aliphatic carbocycles. The van der Waals surface area contributed by atoms with Crippen LogP contribution in [0.25, 0.3) is 0 Å². The third kappa shape index (κ3) is 2.05.